The first-order valence-electron chi connectivity index (χ1n) is 28.8. The van der Waals surface area contributed by atoms with E-state index in [1.807, 2.05) is 19.9 Å². The summed E-state index contributed by atoms with van der Waals surface area (Å²) in [5.74, 6) is -6.14. The van der Waals surface area contributed by atoms with Crippen molar-refractivity contribution >= 4 is 29.2 Å². The molecule has 5 aliphatic rings. The molecule has 4 fully saturated rings. The van der Waals surface area contributed by atoms with E-state index in [1.54, 1.807) is 65.2 Å². The third kappa shape index (κ3) is 18.0. The normalized spacial score (nSPS) is 37.9. The Bertz CT molecular complexity index is 2140. The molecule has 1 saturated carbocycles. The van der Waals surface area contributed by atoms with Crippen LogP contribution in [0.4, 0.5) is 0 Å². The molecule has 2 unspecified atom stereocenters. The maximum absolute atomic E-state index is 14.7. The molecular formula is C61H94N2O15. The highest BCUT2D eigenvalue weighted by Gasteiger charge is 2.53. The van der Waals surface area contributed by atoms with E-state index in [1.165, 1.54) is 12.0 Å². The van der Waals surface area contributed by atoms with E-state index in [0.29, 0.717) is 56.7 Å². The highest BCUT2D eigenvalue weighted by molar-refractivity contribution is 6.39. The lowest BCUT2D eigenvalue weighted by atomic mass is 9.78. The van der Waals surface area contributed by atoms with E-state index in [9.17, 15) is 39.3 Å². The van der Waals surface area contributed by atoms with Gasteiger partial charge in [0, 0.05) is 83.0 Å². The summed E-state index contributed by atoms with van der Waals surface area (Å²) in [5, 5.41) is 33.4. The molecule has 4 heterocycles. The van der Waals surface area contributed by atoms with Crippen molar-refractivity contribution in [1.29, 1.82) is 0 Å². The number of cyclic esters (lactones) is 1. The summed E-state index contributed by atoms with van der Waals surface area (Å²) >= 11 is 0. The Hall–Kier alpha value is -3.93. The Labute approximate surface area is 464 Å². The molecule has 3 N–H and O–H groups in total. The van der Waals surface area contributed by atoms with Gasteiger partial charge in [0.05, 0.1) is 50.8 Å². The molecule has 0 spiro atoms. The molecule has 78 heavy (non-hydrogen) atoms. The van der Waals surface area contributed by atoms with Crippen molar-refractivity contribution in [3.8, 4) is 12.3 Å². The topological polar surface area (TPSA) is 217 Å². The van der Waals surface area contributed by atoms with Crippen LogP contribution in [-0.2, 0) is 57.1 Å². The van der Waals surface area contributed by atoms with Gasteiger partial charge in [-0.3, -0.25) is 24.1 Å². The van der Waals surface area contributed by atoms with Gasteiger partial charge >= 0.3 is 5.97 Å². The highest BCUT2D eigenvalue weighted by Crippen LogP contribution is 2.38. The highest BCUT2D eigenvalue weighted by atomic mass is 16.6. The molecule has 1 aliphatic carbocycles. The SMILES string of the molecule is C#C[C@@H]1/C=C/C=C/C=C(\C)C(OCCO)C[C@@H]2CC[C@@H](C)[C@@](O)(O2)C(=O)C(=O)N2CCCCC2C(=O)O[C@H]([C@H](C)C[C@@H]2CC[C@@H](OCCCN3CCOC[C@H]3C)[C@H](OC)C2)CC(=O)[C@H](C)/C=C(\C)[C@@H](O)[C@@H](OC)C(=O)[C@H](C)C1. The summed E-state index contributed by atoms with van der Waals surface area (Å²) in [4.78, 5) is 75.5. The first kappa shape index (κ1) is 64.9. The Kier molecular flexibility index (Phi) is 26.5. The van der Waals surface area contributed by atoms with E-state index in [4.69, 9.17) is 39.6 Å². The molecule has 3 saturated heterocycles. The number of morpholine rings is 1. The van der Waals surface area contributed by atoms with Crippen molar-refractivity contribution in [1.82, 2.24) is 9.80 Å². The number of esters is 1. The van der Waals surface area contributed by atoms with Gasteiger partial charge in [-0.25, -0.2) is 4.79 Å². The third-order valence-corrected chi connectivity index (χ3v) is 17.0. The number of methoxy groups -OCH3 is 2. The van der Waals surface area contributed by atoms with E-state index in [0.717, 1.165) is 51.1 Å². The van der Waals surface area contributed by atoms with Crippen LogP contribution in [0.15, 0.2) is 47.6 Å². The molecule has 16 atom stereocenters. The number of rotatable bonds is 13. The van der Waals surface area contributed by atoms with Crippen LogP contribution in [0.3, 0.4) is 0 Å². The van der Waals surface area contributed by atoms with Gasteiger partial charge in [-0.15, -0.1) is 6.42 Å². The fourth-order valence-corrected chi connectivity index (χ4v) is 11.9. The zero-order valence-corrected chi connectivity index (χ0v) is 48.2. The number of hydrogen-bond donors (Lipinski definition) is 3. The number of nitrogens with zero attached hydrogens (tertiary/aromatic N) is 2. The van der Waals surface area contributed by atoms with Crippen LogP contribution in [0.1, 0.15) is 132 Å². The Morgan fingerprint density at radius 3 is 2.36 bits per heavy atom. The van der Waals surface area contributed by atoms with Crippen molar-refractivity contribution in [3.63, 3.8) is 0 Å². The second-order valence-electron chi connectivity index (χ2n) is 22.9. The number of ether oxygens (including phenoxy) is 7. The summed E-state index contributed by atoms with van der Waals surface area (Å²) in [7, 11) is 3.05. The predicted molar refractivity (Wildman–Crippen MR) is 295 cm³/mol. The summed E-state index contributed by atoms with van der Waals surface area (Å²) < 4.78 is 42.3. The summed E-state index contributed by atoms with van der Waals surface area (Å²) in [6.45, 7) is 16.5. The Morgan fingerprint density at radius 2 is 1.65 bits per heavy atom. The smallest absolute Gasteiger partial charge is 0.329 e. The van der Waals surface area contributed by atoms with Crippen molar-refractivity contribution in [2.45, 2.75) is 193 Å². The van der Waals surface area contributed by atoms with Crippen molar-refractivity contribution in [2.24, 2.45) is 35.5 Å². The molecule has 0 aromatic heterocycles. The largest absolute Gasteiger partial charge is 0.460 e. The summed E-state index contributed by atoms with van der Waals surface area (Å²) in [6, 6.07) is -0.799. The van der Waals surface area contributed by atoms with Crippen molar-refractivity contribution < 1.29 is 72.5 Å². The standard InChI is InChI=1S/C61H94N2O15/c1-11-46-19-14-12-13-18-39(2)52(76-31-28-64)36-48-23-21-44(7)61(71,78-48)58(68)59(69)63-26-16-15-20-49(63)60(70)77-53(37-50(65)40(3)32-42(5)55(66)57(73-10)56(67)43(6)34-46)41(4)33-47-22-24-51(54(35-47)72-9)75-29-17-25-62-27-30-74-38-45(62)8/h1,12-14,18-19,32,40-41,43-49,51-55,57,64,66,71H,15-17,20-31,33-38H2,2-10H3/b13-12+,19-14+,39-18+,42-32+/t40-,41-,43-,44-,45-,46-,47+,48+,49?,51-,52?,53+,54-,55-,57-,61-/m1/s1. The van der Waals surface area contributed by atoms with Crippen LogP contribution < -0.4 is 0 Å². The fourth-order valence-electron chi connectivity index (χ4n) is 11.9. The lowest BCUT2D eigenvalue weighted by molar-refractivity contribution is -0.266. The second kappa shape index (κ2) is 31.9. The molecule has 0 aromatic carbocycles. The number of terminal acetylenes is 1. The first-order valence-corrected chi connectivity index (χ1v) is 28.8. The monoisotopic (exact) mass is 1090 g/mol. The molecule has 17 heteroatoms. The number of allylic oxidation sites excluding steroid dienone is 6. The van der Waals surface area contributed by atoms with Gasteiger partial charge in [0.25, 0.3) is 11.7 Å². The quantitative estimate of drug-likeness (QED) is 0.0607. The maximum Gasteiger partial charge on any atom is 0.329 e. The third-order valence-electron chi connectivity index (χ3n) is 17.0. The zero-order chi connectivity index (χ0) is 57.1. The minimum absolute atomic E-state index is 0.0159. The number of carbonyl (C=O) groups is 5. The van der Waals surface area contributed by atoms with Crippen LogP contribution in [0, 0.1) is 47.9 Å². The van der Waals surface area contributed by atoms with Crippen LogP contribution in [0.5, 0.6) is 0 Å². The van der Waals surface area contributed by atoms with Crippen LogP contribution in [-0.4, -0.2) is 182 Å². The predicted octanol–water partition coefficient (Wildman–Crippen LogP) is 6.29. The lowest BCUT2D eigenvalue weighted by Gasteiger charge is -2.43. The maximum atomic E-state index is 14.7. The van der Waals surface area contributed by atoms with E-state index in [2.05, 4.69) is 17.7 Å². The Morgan fingerprint density at radius 1 is 0.885 bits per heavy atom. The molecule has 17 nitrogen and oxygen atoms in total. The molecule has 5 rings (SSSR count). The second-order valence-corrected chi connectivity index (χ2v) is 22.9. The number of piperidine rings is 1. The van der Waals surface area contributed by atoms with Gasteiger partial charge in [-0.2, -0.15) is 0 Å². The number of hydrogen-bond acceptors (Lipinski definition) is 16. The number of amides is 1. The van der Waals surface area contributed by atoms with Gasteiger partial charge in [-0.1, -0.05) is 70.1 Å². The van der Waals surface area contributed by atoms with Gasteiger partial charge in [0.15, 0.2) is 5.78 Å². The summed E-state index contributed by atoms with van der Waals surface area (Å²) in [6.07, 6.45) is 17.6. The molecular weight excluding hydrogens is 1000 g/mol. The lowest BCUT2D eigenvalue weighted by Crippen LogP contribution is -2.61. The number of carbonyl (C=O) groups excluding carboxylic acids is 5. The number of aliphatic hydroxyl groups is 3. The number of fused-ring (bicyclic) bond motifs is 3. The van der Waals surface area contributed by atoms with E-state index < -0.39 is 83.7 Å². The van der Waals surface area contributed by atoms with Gasteiger partial charge in [0.2, 0.25) is 5.79 Å². The molecule has 438 valence electrons. The minimum atomic E-state index is -2.50. The van der Waals surface area contributed by atoms with Gasteiger partial charge in [0.1, 0.15) is 30.1 Å². The van der Waals surface area contributed by atoms with Crippen LogP contribution >= 0.6 is 0 Å². The molecule has 4 aliphatic heterocycles. The van der Waals surface area contributed by atoms with Crippen LogP contribution in [0.25, 0.3) is 0 Å². The van der Waals surface area contributed by atoms with Crippen molar-refractivity contribution in [2.75, 3.05) is 66.9 Å². The Balaban J connectivity index is 1.42. The average molecular weight is 1100 g/mol. The van der Waals surface area contributed by atoms with Crippen molar-refractivity contribution in [3.05, 3.63) is 47.6 Å². The van der Waals surface area contributed by atoms with E-state index in [-0.39, 0.29) is 81.1 Å². The fraction of sp³-hybridized carbons (Fsp3) is 0.754. The van der Waals surface area contributed by atoms with E-state index >= 15 is 0 Å². The molecule has 0 aromatic rings. The molecule has 2 bridgehead atoms. The number of aliphatic hydroxyl groups excluding tert-OH is 2. The number of Topliss-reactive ketones (excluding diaryl/α,β-unsaturated/α-hetero) is 3. The van der Waals surface area contributed by atoms with Gasteiger partial charge < -0.3 is 53.4 Å². The summed E-state index contributed by atoms with van der Waals surface area (Å²) in [5.41, 5.74) is 1.12. The average Bonchev–Trinajstić information content (AvgIpc) is 3.48. The molecule has 0 radical (unpaired) electrons. The molecule has 1 amide bonds. The zero-order valence-electron chi connectivity index (χ0n) is 48.2. The minimum Gasteiger partial charge on any atom is -0.460 e. The van der Waals surface area contributed by atoms with Crippen LogP contribution in [0.2, 0.25) is 0 Å². The number of ketones is 3. The van der Waals surface area contributed by atoms with Gasteiger partial charge in [-0.05, 0) is 114 Å². The first-order chi connectivity index (χ1) is 37.3.